The van der Waals surface area contributed by atoms with Gasteiger partial charge < -0.3 is 24.9 Å². The predicted molar refractivity (Wildman–Crippen MR) is 323 cm³/mol. The van der Waals surface area contributed by atoms with Crippen molar-refractivity contribution >= 4 is 13.7 Å². The van der Waals surface area contributed by atoms with Crippen molar-refractivity contribution in [2.45, 2.75) is 193 Å². The maximum atomic E-state index is 13.0. The molecule has 0 aromatic carbocycles. The average molecular weight is 1060 g/mol. The van der Waals surface area contributed by atoms with Gasteiger partial charge >= 0.3 is 7.82 Å². The van der Waals surface area contributed by atoms with E-state index in [0.29, 0.717) is 30.3 Å². The van der Waals surface area contributed by atoms with Gasteiger partial charge in [-0.2, -0.15) is 0 Å². The number of likely N-dealkylation sites (N-methyl/N-ethyl adjacent to an activating group) is 1. The molecule has 0 aromatic rings. The zero-order chi connectivity index (χ0) is 55.0. The lowest BCUT2D eigenvalue weighted by molar-refractivity contribution is -0.870. The molecular weight excluding hydrogens is 952 g/mol. The highest BCUT2D eigenvalue weighted by molar-refractivity contribution is 7.47. The highest BCUT2D eigenvalue weighted by atomic mass is 31.2. The van der Waals surface area contributed by atoms with Crippen molar-refractivity contribution in [1.29, 1.82) is 0 Å². The third-order valence-corrected chi connectivity index (χ3v) is 12.5. The Morgan fingerprint density at radius 2 is 0.827 bits per heavy atom. The van der Waals surface area contributed by atoms with Crippen molar-refractivity contribution in [3.63, 3.8) is 0 Å². The standard InChI is InChI=1S/C65H105N2O7P/c1-6-8-10-12-14-16-18-20-21-22-23-24-25-26-27-28-29-30-31-32-33-34-35-36-37-38-39-40-41-42-43-44-45-46-48-50-52-54-56-58-64(69)66-62(61-74-75(71,72)73-60-59-67(3,4)5)65(70)63(68)57-55-53-51-49-47-19-17-15-13-11-9-7-2/h8,10,14-17,20-21,23-24,26-27,29-30,32-33,35-36,38-39,41-42,44-45,48-51,62-63,65,68,70H,6-7,9,11-13,18-19,22,25,28,31,34,37,40,43,46-47,52-61H2,1-5H3,(H-,66,69,71,72)/p+1/b10-8-,16-14-,17-15+,21-20-,24-23-,27-26-,30-29-,33-32-,36-35-,39-38-,42-41-,45-44-,50-48-,51-49+. The van der Waals surface area contributed by atoms with E-state index in [2.05, 4.69) is 189 Å². The summed E-state index contributed by atoms with van der Waals surface area (Å²) in [6, 6.07) is -1.09. The van der Waals surface area contributed by atoms with Crippen LogP contribution in [0, 0.1) is 0 Å². The lowest BCUT2D eigenvalue weighted by Crippen LogP contribution is -2.51. The van der Waals surface area contributed by atoms with E-state index in [1.54, 1.807) is 0 Å². The van der Waals surface area contributed by atoms with Gasteiger partial charge in [0.25, 0.3) is 0 Å². The van der Waals surface area contributed by atoms with Crippen LogP contribution in [0.1, 0.15) is 174 Å². The van der Waals surface area contributed by atoms with Gasteiger partial charge in [0.05, 0.1) is 39.9 Å². The van der Waals surface area contributed by atoms with Crippen molar-refractivity contribution in [2.24, 2.45) is 0 Å². The molecule has 0 saturated carbocycles. The second-order valence-corrected chi connectivity index (χ2v) is 21.1. The number of unbranched alkanes of at least 4 members (excludes halogenated alkanes) is 7. The average Bonchev–Trinajstić information content (AvgIpc) is 3.37. The third kappa shape index (κ3) is 54.4. The van der Waals surface area contributed by atoms with E-state index in [0.717, 1.165) is 116 Å². The number of hydrogen-bond donors (Lipinski definition) is 4. The maximum absolute atomic E-state index is 13.0. The molecule has 0 saturated heterocycles. The topological polar surface area (TPSA) is 125 Å². The van der Waals surface area contributed by atoms with E-state index in [9.17, 15) is 24.5 Å². The number of nitrogens with one attached hydrogen (secondary N) is 1. The second kappa shape index (κ2) is 53.2. The molecule has 0 aliphatic carbocycles. The minimum absolute atomic E-state index is 0.00483. The molecule has 0 aromatic heterocycles. The summed E-state index contributed by atoms with van der Waals surface area (Å²) in [6.45, 7) is 4.36. The van der Waals surface area contributed by atoms with Gasteiger partial charge in [-0.3, -0.25) is 13.8 Å². The number of rotatable bonds is 49. The summed E-state index contributed by atoms with van der Waals surface area (Å²) in [4.78, 5) is 23.3. The Morgan fingerprint density at radius 3 is 1.21 bits per heavy atom. The highest BCUT2D eigenvalue weighted by Crippen LogP contribution is 2.43. The number of hydrogen-bond acceptors (Lipinski definition) is 6. The predicted octanol–water partition coefficient (Wildman–Crippen LogP) is 16.6. The minimum atomic E-state index is -4.46. The fourth-order valence-electron chi connectivity index (χ4n) is 7.02. The normalized spacial score (nSPS) is 15.6. The Labute approximate surface area is 458 Å². The Balaban J connectivity index is 4.34. The molecule has 0 aliphatic heterocycles. The van der Waals surface area contributed by atoms with E-state index in [1.165, 1.54) is 19.3 Å². The number of allylic oxidation sites excluding steroid dienone is 28. The van der Waals surface area contributed by atoms with Gasteiger partial charge in [0.1, 0.15) is 19.3 Å². The van der Waals surface area contributed by atoms with Crippen LogP contribution in [0.2, 0.25) is 0 Å². The van der Waals surface area contributed by atoms with Crippen LogP contribution in [-0.4, -0.2) is 84.6 Å². The van der Waals surface area contributed by atoms with Crippen LogP contribution in [0.15, 0.2) is 170 Å². The molecule has 0 radical (unpaired) electrons. The van der Waals surface area contributed by atoms with Crippen LogP contribution >= 0.6 is 7.82 Å². The molecular formula is C65H106N2O7P+. The summed E-state index contributed by atoms with van der Waals surface area (Å²) in [7, 11) is 1.35. The molecule has 4 unspecified atom stereocenters. The van der Waals surface area contributed by atoms with E-state index in [-0.39, 0.29) is 18.9 Å². The molecule has 10 heteroatoms. The molecule has 0 spiro atoms. The number of nitrogens with zero attached hydrogens (tertiary/aromatic N) is 1. The first-order valence-corrected chi connectivity index (χ1v) is 30.1. The fourth-order valence-corrected chi connectivity index (χ4v) is 7.76. The molecule has 0 rings (SSSR count). The maximum Gasteiger partial charge on any atom is 0.472 e. The molecule has 9 nitrogen and oxygen atoms in total. The van der Waals surface area contributed by atoms with Crippen LogP contribution in [-0.2, 0) is 18.4 Å². The summed E-state index contributed by atoms with van der Waals surface area (Å²) in [5.41, 5.74) is 0. The summed E-state index contributed by atoms with van der Waals surface area (Å²) < 4.78 is 23.5. The number of quaternary nitrogens is 1. The van der Waals surface area contributed by atoms with Gasteiger partial charge in [-0.15, -0.1) is 0 Å². The first-order valence-electron chi connectivity index (χ1n) is 28.6. The number of amides is 1. The first-order chi connectivity index (χ1) is 36.4. The molecule has 422 valence electrons. The van der Waals surface area contributed by atoms with Crippen molar-refractivity contribution in [3.8, 4) is 0 Å². The number of carbonyl (C=O) groups excluding carboxylic acids is 1. The molecule has 0 bridgehead atoms. The monoisotopic (exact) mass is 1060 g/mol. The zero-order valence-electron chi connectivity index (χ0n) is 47.6. The Kier molecular flexibility index (Phi) is 50.3. The van der Waals surface area contributed by atoms with Crippen molar-refractivity contribution in [3.05, 3.63) is 170 Å². The van der Waals surface area contributed by atoms with Crippen molar-refractivity contribution < 1.29 is 38.0 Å². The lowest BCUT2D eigenvalue weighted by atomic mass is 10.0. The van der Waals surface area contributed by atoms with E-state index >= 15 is 0 Å². The van der Waals surface area contributed by atoms with E-state index in [1.807, 2.05) is 21.1 Å². The smallest absolute Gasteiger partial charge is 0.390 e. The number of phosphoric ester groups is 1. The largest absolute Gasteiger partial charge is 0.472 e. The highest BCUT2D eigenvalue weighted by Gasteiger charge is 2.31. The van der Waals surface area contributed by atoms with Crippen molar-refractivity contribution in [2.75, 3.05) is 40.9 Å². The zero-order valence-corrected chi connectivity index (χ0v) is 48.5. The summed E-state index contributed by atoms with van der Waals surface area (Å²) in [5.74, 6) is -0.324. The summed E-state index contributed by atoms with van der Waals surface area (Å²) in [5, 5.41) is 24.7. The van der Waals surface area contributed by atoms with Crippen LogP contribution in [0.25, 0.3) is 0 Å². The van der Waals surface area contributed by atoms with Gasteiger partial charge in [0, 0.05) is 6.42 Å². The molecule has 4 atom stereocenters. The number of aliphatic hydroxyl groups excluding tert-OH is 2. The van der Waals surface area contributed by atoms with Crippen LogP contribution < -0.4 is 5.32 Å². The summed E-state index contributed by atoms with van der Waals surface area (Å²) in [6.07, 6.45) is 81.7. The van der Waals surface area contributed by atoms with Crippen LogP contribution in [0.3, 0.4) is 0 Å². The minimum Gasteiger partial charge on any atom is -0.390 e. The van der Waals surface area contributed by atoms with Gasteiger partial charge in [-0.1, -0.05) is 197 Å². The molecule has 75 heavy (non-hydrogen) atoms. The third-order valence-electron chi connectivity index (χ3n) is 11.5. The van der Waals surface area contributed by atoms with Crippen molar-refractivity contribution in [1.82, 2.24) is 5.32 Å². The van der Waals surface area contributed by atoms with E-state index < -0.39 is 32.7 Å². The molecule has 0 heterocycles. The summed E-state index contributed by atoms with van der Waals surface area (Å²) >= 11 is 0. The van der Waals surface area contributed by atoms with Gasteiger partial charge in [0.15, 0.2) is 0 Å². The molecule has 4 N–H and O–H groups in total. The number of phosphoric acid groups is 1. The molecule has 0 aliphatic rings. The van der Waals surface area contributed by atoms with Crippen LogP contribution in [0.5, 0.6) is 0 Å². The molecule has 1 amide bonds. The Morgan fingerprint density at radius 1 is 0.480 bits per heavy atom. The van der Waals surface area contributed by atoms with E-state index in [4.69, 9.17) is 9.05 Å². The lowest BCUT2D eigenvalue weighted by Gasteiger charge is -2.28. The van der Waals surface area contributed by atoms with Gasteiger partial charge in [0.2, 0.25) is 5.91 Å². The first kappa shape index (κ1) is 70.8. The van der Waals surface area contributed by atoms with Gasteiger partial charge in [-0.05, 0) is 141 Å². The fraction of sp³-hybridized carbons (Fsp3) is 0.554. The van der Waals surface area contributed by atoms with Crippen LogP contribution in [0.4, 0.5) is 0 Å². The Hall–Kier alpha value is -4.18. The number of aliphatic hydroxyl groups is 2. The SMILES string of the molecule is CC/C=C\C/C=C\C/C=C\C/C=C\C/C=C\C/C=C\C/C=C\C/C=C\C/C=C\C/C=C\C/C=C\C/C=C\CCCCC(=O)NC(COP(=O)(O)OCC[N+](C)(C)C)C(O)C(O)CCC/C=C/CC/C=C/CCCCC. The second-order valence-electron chi connectivity index (χ2n) is 19.7. The quantitative estimate of drug-likeness (QED) is 0.0207. The van der Waals surface area contributed by atoms with Gasteiger partial charge in [-0.25, -0.2) is 4.57 Å². The number of carbonyl (C=O) groups is 1. The Bertz CT molecular complexity index is 1840. The molecule has 0 fully saturated rings.